The number of hydrogen-bond acceptors (Lipinski definition) is 2. The first-order valence-corrected chi connectivity index (χ1v) is 2.47. The van der Waals surface area contributed by atoms with Crippen molar-refractivity contribution in [3.05, 3.63) is 0 Å². The third-order valence-electron chi connectivity index (χ3n) is 1.48. The Kier molecular flexibility index (Phi) is 0.869. The zero-order valence-corrected chi connectivity index (χ0v) is 4.64. The molecule has 0 aromatic rings. The van der Waals surface area contributed by atoms with Gasteiger partial charge in [-0.05, 0) is 13.8 Å². The van der Waals surface area contributed by atoms with Crippen LogP contribution in [0.15, 0.2) is 0 Å². The lowest BCUT2D eigenvalue weighted by atomic mass is 10.1. The molecule has 42 valence electrons. The monoisotopic (exact) mass is 102 g/mol. The van der Waals surface area contributed by atoms with Crippen LogP contribution in [0.5, 0.6) is 0 Å². The molecule has 2 atom stereocenters. The summed E-state index contributed by atoms with van der Waals surface area (Å²) < 4.78 is 4.91. The van der Waals surface area contributed by atoms with E-state index in [1.807, 2.05) is 6.92 Å². The molecule has 1 fully saturated rings. The molecule has 0 bridgehead atoms. The molecule has 0 aliphatic carbocycles. The fourth-order valence-electron chi connectivity index (χ4n) is 0.355. The standard InChI is InChI=1S/C5H10O2/c1-4(6)5(2)3-7-5/h4,6H,3H2,1-2H3/t4-,5+/m1/s1. The van der Waals surface area contributed by atoms with Crippen LogP contribution >= 0.6 is 0 Å². The van der Waals surface area contributed by atoms with Crippen LogP contribution in [-0.2, 0) is 4.74 Å². The van der Waals surface area contributed by atoms with E-state index in [0.29, 0.717) is 6.61 Å². The molecule has 1 heterocycles. The average molecular weight is 102 g/mol. The van der Waals surface area contributed by atoms with Crippen LogP contribution in [0, 0.1) is 0 Å². The van der Waals surface area contributed by atoms with Gasteiger partial charge in [0.25, 0.3) is 0 Å². The van der Waals surface area contributed by atoms with Crippen molar-refractivity contribution >= 4 is 0 Å². The Balaban J connectivity index is 2.39. The van der Waals surface area contributed by atoms with Gasteiger partial charge >= 0.3 is 0 Å². The highest BCUT2D eigenvalue weighted by molar-refractivity contribution is 4.91. The van der Waals surface area contributed by atoms with Gasteiger partial charge in [0.05, 0.1) is 12.7 Å². The largest absolute Gasteiger partial charge is 0.390 e. The molecule has 0 aromatic carbocycles. The van der Waals surface area contributed by atoms with E-state index in [1.54, 1.807) is 6.92 Å². The zero-order valence-electron chi connectivity index (χ0n) is 4.64. The minimum Gasteiger partial charge on any atom is -0.390 e. The fraction of sp³-hybridized carbons (Fsp3) is 1.00. The highest BCUT2D eigenvalue weighted by atomic mass is 16.6. The van der Waals surface area contributed by atoms with Gasteiger partial charge in [0.15, 0.2) is 0 Å². The molecule has 1 N–H and O–H groups in total. The molecule has 0 amide bonds. The zero-order chi connectivity index (χ0) is 5.49. The topological polar surface area (TPSA) is 32.8 Å². The molecule has 1 aliphatic heterocycles. The molecule has 2 heteroatoms. The van der Waals surface area contributed by atoms with Crippen molar-refractivity contribution in [2.45, 2.75) is 25.6 Å². The van der Waals surface area contributed by atoms with Gasteiger partial charge in [0, 0.05) is 0 Å². The van der Waals surface area contributed by atoms with E-state index < -0.39 is 0 Å². The maximum atomic E-state index is 8.83. The van der Waals surface area contributed by atoms with E-state index in [1.165, 1.54) is 0 Å². The summed E-state index contributed by atoms with van der Waals surface area (Å²) in [7, 11) is 0. The Morgan fingerprint density at radius 1 is 1.86 bits per heavy atom. The summed E-state index contributed by atoms with van der Waals surface area (Å²) in [5.41, 5.74) is -0.194. The molecule has 0 unspecified atom stereocenters. The first-order chi connectivity index (χ1) is 3.15. The van der Waals surface area contributed by atoms with Crippen molar-refractivity contribution < 1.29 is 9.84 Å². The highest BCUT2D eigenvalue weighted by Gasteiger charge is 2.43. The van der Waals surface area contributed by atoms with Crippen molar-refractivity contribution in [1.82, 2.24) is 0 Å². The van der Waals surface area contributed by atoms with Crippen LogP contribution in [0.25, 0.3) is 0 Å². The second kappa shape index (κ2) is 1.20. The summed E-state index contributed by atoms with van der Waals surface area (Å²) in [5.74, 6) is 0. The second-order valence-corrected chi connectivity index (χ2v) is 2.28. The molecule has 1 aliphatic rings. The lowest BCUT2D eigenvalue weighted by molar-refractivity contribution is 0.101. The first kappa shape index (κ1) is 5.06. The summed E-state index contributed by atoms with van der Waals surface area (Å²) in [6, 6.07) is 0. The lowest BCUT2D eigenvalue weighted by Gasteiger charge is -2.05. The van der Waals surface area contributed by atoms with E-state index >= 15 is 0 Å². The third kappa shape index (κ3) is 0.763. The minimum atomic E-state index is -0.313. The second-order valence-electron chi connectivity index (χ2n) is 2.28. The Labute approximate surface area is 43.1 Å². The molecule has 7 heavy (non-hydrogen) atoms. The number of ether oxygens (including phenoxy) is 1. The molecule has 0 aromatic heterocycles. The van der Waals surface area contributed by atoms with Gasteiger partial charge in [-0.15, -0.1) is 0 Å². The number of hydrogen-bond donors (Lipinski definition) is 1. The quantitative estimate of drug-likeness (QED) is 0.478. The van der Waals surface area contributed by atoms with Gasteiger partial charge in [0.2, 0.25) is 0 Å². The Morgan fingerprint density at radius 3 is 2.29 bits per heavy atom. The number of aliphatic hydroxyl groups is 1. The third-order valence-corrected chi connectivity index (χ3v) is 1.48. The predicted octanol–water partition coefficient (Wildman–Crippen LogP) is 0.156. The molecular weight excluding hydrogens is 92.1 g/mol. The summed E-state index contributed by atoms with van der Waals surface area (Å²) in [4.78, 5) is 0. The van der Waals surface area contributed by atoms with Gasteiger partial charge in [-0.2, -0.15) is 0 Å². The summed E-state index contributed by atoms with van der Waals surface area (Å²) in [5, 5.41) is 8.83. The van der Waals surface area contributed by atoms with Gasteiger partial charge < -0.3 is 9.84 Å². The summed E-state index contributed by atoms with van der Waals surface area (Å²) in [6.07, 6.45) is -0.313. The number of rotatable bonds is 1. The molecule has 0 saturated carbocycles. The summed E-state index contributed by atoms with van der Waals surface area (Å²) in [6.45, 7) is 4.36. The lowest BCUT2D eigenvalue weighted by Crippen LogP contribution is -2.21. The van der Waals surface area contributed by atoms with Crippen molar-refractivity contribution in [2.75, 3.05) is 6.61 Å². The normalized spacial score (nSPS) is 43.3. The van der Waals surface area contributed by atoms with Gasteiger partial charge in [-0.1, -0.05) is 0 Å². The molecule has 0 radical (unpaired) electrons. The predicted molar refractivity (Wildman–Crippen MR) is 26.0 cm³/mol. The number of aliphatic hydroxyl groups excluding tert-OH is 1. The SMILES string of the molecule is C[C@@H](O)[C@]1(C)CO1. The minimum absolute atomic E-state index is 0.194. The van der Waals surface area contributed by atoms with Crippen molar-refractivity contribution in [3.63, 3.8) is 0 Å². The van der Waals surface area contributed by atoms with Gasteiger partial charge in [-0.25, -0.2) is 0 Å². The van der Waals surface area contributed by atoms with E-state index in [-0.39, 0.29) is 11.7 Å². The van der Waals surface area contributed by atoms with Gasteiger partial charge in [0.1, 0.15) is 5.60 Å². The molecular formula is C5H10O2. The van der Waals surface area contributed by atoms with Crippen LogP contribution in [-0.4, -0.2) is 23.4 Å². The fourth-order valence-corrected chi connectivity index (χ4v) is 0.355. The maximum absolute atomic E-state index is 8.83. The van der Waals surface area contributed by atoms with Gasteiger partial charge in [-0.3, -0.25) is 0 Å². The van der Waals surface area contributed by atoms with Crippen LogP contribution in [0.3, 0.4) is 0 Å². The molecule has 1 rings (SSSR count). The average Bonchev–Trinajstić information content (AvgIpc) is 2.21. The molecule has 2 nitrogen and oxygen atoms in total. The Hall–Kier alpha value is -0.0800. The van der Waals surface area contributed by atoms with E-state index in [2.05, 4.69) is 0 Å². The number of epoxide rings is 1. The smallest absolute Gasteiger partial charge is 0.114 e. The van der Waals surface area contributed by atoms with Crippen LogP contribution in [0.4, 0.5) is 0 Å². The Bertz CT molecular complexity index is 74.1. The van der Waals surface area contributed by atoms with E-state index in [9.17, 15) is 0 Å². The first-order valence-electron chi connectivity index (χ1n) is 2.47. The van der Waals surface area contributed by atoms with Crippen LogP contribution < -0.4 is 0 Å². The van der Waals surface area contributed by atoms with Crippen molar-refractivity contribution in [1.29, 1.82) is 0 Å². The van der Waals surface area contributed by atoms with Crippen LogP contribution in [0.1, 0.15) is 13.8 Å². The van der Waals surface area contributed by atoms with Crippen LogP contribution in [0.2, 0.25) is 0 Å². The van der Waals surface area contributed by atoms with E-state index in [4.69, 9.17) is 9.84 Å². The maximum Gasteiger partial charge on any atom is 0.114 e. The van der Waals surface area contributed by atoms with Crippen molar-refractivity contribution in [2.24, 2.45) is 0 Å². The van der Waals surface area contributed by atoms with Crippen molar-refractivity contribution in [3.8, 4) is 0 Å². The molecule has 1 saturated heterocycles. The Morgan fingerprint density at radius 2 is 2.29 bits per heavy atom. The van der Waals surface area contributed by atoms with E-state index in [0.717, 1.165) is 0 Å². The molecule has 0 spiro atoms. The highest BCUT2D eigenvalue weighted by Crippen LogP contribution is 2.29. The summed E-state index contributed by atoms with van der Waals surface area (Å²) >= 11 is 0.